The van der Waals surface area contributed by atoms with Crippen molar-refractivity contribution in [2.75, 3.05) is 6.61 Å². The molecule has 0 unspecified atom stereocenters. The quantitative estimate of drug-likeness (QED) is 0.832. The van der Waals surface area contributed by atoms with Crippen LogP contribution in [0.1, 0.15) is 25.3 Å². The molecule has 2 aliphatic rings. The zero-order chi connectivity index (χ0) is 18.5. The number of hydrogen-bond acceptors (Lipinski definition) is 4. The van der Waals surface area contributed by atoms with E-state index in [0.717, 1.165) is 5.56 Å². The first kappa shape index (κ1) is 17.2. The van der Waals surface area contributed by atoms with Crippen LogP contribution in [0.4, 0.5) is 0 Å². The van der Waals surface area contributed by atoms with Crippen molar-refractivity contribution in [1.29, 1.82) is 0 Å². The lowest BCUT2D eigenvalue weighted by molar-refractivity contribution is -0.141. The summed E-state index contributed by atoms with van der Waals surface area (Å²) in [6, 6.07) is 17.3. The van der Waals surface area contributed by atoms with Crippen LogP contribution in [0.15, 0.2) is 65.6 Å². The first-order valence-electron chi connectivity index (χ1n) is 8.65. The Balaban J connectivity index is 1.88. The summed E-state index contributed by atoms with van der Waals surface area (Å²) in [5.74, 6) is -0.842. The fourth-order valence-electron chi connectivity index (χ4n) is 4.17. The normalized spacial score (nSPS) is 27.5. The third kappa shape index (κ3) is 2.47. The van der Waals surface area contributed by atoms with Gasteiger partial charge in [0.25, 0.3) is 0 Å². The summed E-state index contributed by atoms with van der Waals surface area (Å²) in [6.07, 6.45) is 0. The SMILES string of the molecule is CC1(C)OC[C@@H]2[C@@H](c3ccccc3)[C@@H](S(=O)(=O)c3ccccc3)C(=O)N21. The summed E-state index contributed by atoms with van der Waals surface area (Å²) in [5.41, 5.74) is 0.0367. The van der Waals surface area contributed by atoms with Gasteiger partial charge in [-0.2, -0.15) is 0 Å². The zero-order valence-electron chi connectivity index (χ0n) is 14.7. The summed E-state index contributed by atoms with van der Waals surface area (Å²) in [7, 11) is -3.82. The highest BCUT2D eigenvalue weighted by molar-refractivity contribution is 7.92. The van der Waals surface area contributed by atoms with Gasteiger partial charge in [-0.1, -0.05) is 48.5 Å². The fourth-order valence-corrected chi connectivity index (χ4v) is 6.11. The third-order valence-electron chi connectivity index (χ3n) is 5.33. The van der Waals surface area contributed by atoms with E-state index in [1.54, 1.807) is 35.2 Å². The van der Waals surface area contributed by atoms with Gasteiger partial charge in [-0.25, -0.2) is 8.42 Å². The number of sulfone groups is 1. The highest BCUT2D eigenvalue weighted by atomic mass is 32.2. The Kier molecular flexibility index (Phi) is 3.93. The van der Waals surface area contributed by atoms with Gasteiger partial charge in [-0.3, -0.25) is 4.79 Å². The van der Waals surface area contributed by atoms with E-state index in [9.17, 15) is 13.2 Å². The Morgan fingerprint density at radius 3 is 2.19 bits per heavy atom. The van der Waals surface area contributed by atoms with Crippen LogP contribution in [-0.4, -0.2) is 42.8 Å². The second-order valence-corrected chi connectivity index (χ2v) is 9.32. The molecule has 0 radical (unpaired) electrons. The molecule has 2 aliphatic heterocycles. The van der Waals surface area contributed by atoms with Gasteiger partial charge in [-0.05, 0) is 31.5 Å². The summed E-state index contributed by atoms with van der Waals surface area (Å²) < 4.78 is 32.6. The predicted molar refractivity (Wildman–Crippen MR) is 97.3 cm³/mol. The summed E-state index contributed by atoms with van der Waals surface area (Å²) in [6.45, 7) is 3.95. The Hall–Kier alpha value is -2.18. The van der Waals surface area contributed by atoms with Gasteiger partial charge in [0, 0.05) is 5.92 Å². The van der Waals surface area contributed by atoms with Gasteiger partial charge >= 0.3 is 0 Å². The fraction of sp³-hybridized carbons (Fsp3) is 0.350. The highest BCUT2D eigenvalue weighted by Gasteiger charge is 2.61. The van der Waals surface area contributed by atoms with E-state index >= 15 is 0 Å². The average Bonchev–Trinajstić information content (AvgIpc) is 3.12. The van der Waals surface area contributed by atoms with Crippen LogP contribution in [0.5, 0.6) is 0 Å². The maximum atomic E-state index is 13.4. The first-order chi connectivity index (χ1) is 12.3. The van der Waals surface area contributed by atoms with Crippen molar-refractivity contribution in [3.8, 4) is 0 Å². The molecule has 0 bridgehead atoms. The van der Waals surface area contributed by atoms with E-state index in [-0.39, 0.29) is 16.8 Å². The van der Waals surface area contributed by atoms with Crippen molar-refractivity contribution in [2.24, 2.45) is 0 Å². The summed E-state index contributed by atoms with van der Waals surface area (Å²) >= 11 is 0. The Labute approximate surface area is 153 Å². The largest absolute Gasteiger partial charge is 0.354 e. The topological polar surface area (TPSA) is 63.7 Å². The molecule has 0 aliphatic carbocycles. The van der Waals surface area contributed by atoms with Crippen LogP contribution < -0.4 is 0 Å². The number of hydrogen-bond donors (Lipinski definition) is 0. The molecule has 0 saturated carbocycles. The second kappa shape index (κ2) is 5.93. The molecule has 1 amide bonds. The van der Waals surface area contributed by atoms with Crippen LogP contribution >= 0.6 is 0 Å². The van der Waals surface area contributed by atoms with Gasteiger partial charge in [-0.15, -0.1) is 0 Å². The molecule has 4 rings (SSSR count). The van der Waals surface area contributed by atoms with Crippen LogP contribution in [0.3, 0.4) is 0 Å². The molecule has 5 nitrogen and oxygen atoms in total. The summed E-state index contributed by atoms with van der Waals surface area (Å²) in [4.78, 5) is 15.1. The van der Waals surface area contributed by atoms with E-state index in [0.29, 0.717) is 6.61 Å². The molecule has 136 valence electrons. The Bertz CT molecular complexity index is 925. The number of ether oxygens (including phenoxy) is 1. The molecule has 0 aromatic heterocycles. The second-order valence-electron chi connectivity index (χ2n) is 7.25. The lowest BCUT2D eigenvalue weighted by atomic mass is 9.92. The van der Waals surface area contributed by atoms with Crippen molar-refractivity contribution >= 4 is 15.7 Å². The number of fused-ring (bicyclic) bond motifs is 1. The molecule has 2 aromatic rings. The third-order valence-corrected chi connectivity index (χ3v) is 7.42. The Morgan fingerprint density at radius 2 is 1.58 bits per heavy atom. The Morgan fingerprint density at radius 1 is 1.00 bits per heavy atom. The van der Waals surface area contributed by atoms with Crippen molar-refractivity contribution in [1.82, 2.24) is 4.90 Å². The smallest absolute Gasteiger partial charge is 0.244 e. The monoisotopic (exact) mass is 371 g/mol. The molecule has 0 spiro atoms. The van der Waals surface area contributed by atoms with Crippen LogP contribution in [-0.2, 0) is 19.4 Å². The minimum absolute atomic E-state index is 0.180. The molecule has 2 fully saturated rings. The molecule has 2 heterocycles. The van der Waals surface area contributed by atoms with Gasteiger partial charge < -0.3 is 9.64 Å². The van der Waals surface area contributed by atoms with Crippen molar-refractivity contribution in [3.05, 3.63) is 66.2 Å². The predicted octanol–water partition coefficient (Wildman–Crippen LogP) is 2.59. The summed E-state index contributed by atoms with van der Waals surface area (Å²) in [5, 5.41) is -1.14. The standard InChI is InChI=1S/C20H21NO4S/c1-20(2)21-16(13-25-20)17(14-9-5-3-6-10-14)18(19(21)22)26(23,24)15-11-7-4-8-12-15/h3-12,16-18H,13H2,1-2H3/t16-,17-,18-/m1/s1. The van der Waals surface area contributed by atoms with Crippen molar-refractivity contribution in [2.45, 2.75) is 41.7 Å². The molecule has 6 heteroatoms. The maximum Gasteiger partial charge on any atom is 0.244 e. The van der Waals surface area contributed by atoms with Gasteiger partial charge in [0.2, 0.25) is 5.91 Å². The van der Waals surface area contributed by atoms with E-state index in [2.05, 4.69) is 0 Å². The molecule has 26 heavy (non-hydrogen) atoms. The van der Waals surface area contributed by atoms with E-state index in [1.165, 1.54) is 0 Å². The van der Waals surface area contributed by atoms with Gasteiger partial charge in [0.15, 0.2) is 15.1 Å². The lowest BCUT2D eigenvalue weighted by Gasteiger charge is -2.29. The van der Waals surface area contributed by atoms with Crippen LogP contribution in [0, 0.1) is 0 Å². The number of carbonyl (C=O) groups is 1. The van der Waals surface area contributed by atoms with E-state index in [4.69, 9.17) is 4.74 Å². The lowest BCUT2D eigenvalue weighted by Crippen LogP contribution is -2.46. The van der Waals surface area contributed by atoms with E-state index in [1.807, 2.05) is 44.2 Å². The van der Waals surface area contributed by atoms with Crippen LogP contribution in [0.25, 0.3) is 0 Å². The molecular formula is C20H21NO4S. The van der Waals surface area contributed by atoms with Gasteiger partial charge in [0.05, 0.1) is 17.5 Å². The molecule has 3 atom stereocenters. The maximum absolute atomic E-state index is 13.4. The van der Waals surface area contributed by atoms with Gasteiger partial charge in [0.1, 0.15) is 5.72 Å². The number of carbonyl (C=O) groups excluding carboxylic acids is 1. The molecule has 0 N–H and O–H groups in total. The molecular weight excluding hydrogens is 350 g/mol. The number of rotatable bonds is 3. The molecule has 2 saturated heterocycles. The number of nitrogens with zero attached hydrogens (tertiary/aromatic N) is 1. The van der Waals surface area contributed by atoms with Crippen molar-refractivity contribution in [3.63, 3.8) is 0 Å². The average molecular weight is 371 g/mol. The highest BCUT2D eigenvalue weighted by Crippen LogP contribution is 2.47. The minimum atomic E-state index is -3.82. The van der Waals surface area contributed by atoms with Crippen LogP contribution in [0.2, 0.25) is 0 Å². The number of benzene rings is 2. The minimum Gasteiger partial charge on any atom is -0.354 e. The van der Waals surface area contributed by atoms with E-state index < -0.39 is 26.7 Å². The van der Waals surface area contributed by atoms with Crippen molar-refractivity contribution < 1.29 is 17.9 Å². The zero-order valence-corrected chi connectivity index (χ0v) is 15.5. The first-order valence-corrected chi connectivity index (χ1v) is 10.2. The number of amides is 1. The molecule has 2 aromatic carbocycles.